The first kappa shape index (κ1) is 17.8. The molecule has 2 amide bonds. The third kappa shape index (κ3) is 6.97. The Balaban J connectivity index is 2.61. The first-order valence-electron chi connectivity index (χ1n) is 7.19. The van der Waals surface area contributed by atoms with Gasteiger partial charge in [0.1, 0.15) is 11.4 Å². The van der Waals surface area contributed by atoms with Crippen LogP contribution in [0.5, 0.6) is 5.75 Å². The number of rotatable bonds is 6. The molecule has 1 rings (SSSR count). The van der Waals surface area contributed by atoms with Gasteiger partial charge in [0.15, 0.2) is 0 Å². The second kappa shape index (κ2) is 7.68. The van der Waals surface area contributed by atoms with Gasteiger partial charge in [-0.25, -0.2) is 4.79 Å². The van der Waals surface area contributed by atoms with Crippen LogP contribution in [0.25, 0.3) is 0 Å². The molecular formula is C16H24N2O4. The first-order chi connectivity index (χ1) is 10.2. The maximum Gasteiger partial charge on any atom is 0.315 e. The Bertz CT molecular complexity index is 535. The van der Waals surface area contributed by atoms with Crippen molar-refractivity contribution in [3.05, 3.63) is 29.3 Å². The second-order valence-electron chi connectivity index (χ2n) is 6.08. The molecule has 0 heterocycles. The number of hydrogen-bond acceptors (Lipinski definition) is 3. The fourth-order valence-corrected chi connectivity index (χ4v) is 1.75. The molecule has 6 heteroatoms. The summed E-state index contributed by atoms with van der Waals surface area (Å²) in [5, 5.41) is 13.7. The number of amides is 2. The van der Waals surface area contributed by atoms with E-state index in [1.807, 2.05) is 45.9 Å². The van der Waals surface area contributed by atoms with Crippen molar-refractivity contribution in [3.63, 3.8) is 0 Å². The largest absolute Gasteiger partial charge is 0.488 e. The molecule has 0 aliphatic carbocycles. The van der Waals surface area contributed by atoms with E-state index in [-0.39, 0.29) is 18.6 Å². The summed E-state index contributed by atoms with van der Waals surface area (Å²) in [6.07, 6.45) is -0.101. The summed E-state index contributed by atoms with van der Waals surface area (Å²) < 4.78 is 5.91. The lowest BCUT2D eigenvalue weighted by Crippen LogP contribution is -2.36. The summed E-state index contributed by atoms with van der Waals surface area (Å²) in [5.74, 6) is -0.210. The van der Waals surface area contributed by atoms with E-state index in [2.05, 4.69) is 10.6 Å². The number of aliphatic carboxylic acids is 1. The molecule has 122 valence electrons. The van der Waals surface area contributed by atoms with Crippen molar-refractivity contribution < 1.29 is 19.4 Å². The highest BCUT2D eigenvalue weighted by Crippen LogP contribution is 2.24. The van der Waals surface area contributed by atoms with E-state index >= 15 is 0 Å². The number of nitrogens with one attached hydrogen (secondary N) is 2. The number of carbonyl (C=O) groups excluding carboxylic acids is 1. The van der Waals surface area contributed by atoms with Gasteiger partial charge in [0, 0.05) is 18.7 Å². The van der Waals surface area contributed by atoms with Crippen molar-refractivity contribution >= 4 is 12.0 Å². The molecule has 0 radical (unpaired) electrons. The number of carboxylic acid groups (broad SMARTS) is 1. The highest BCUT2D eigenvalue weighted by Gasteiger charge is 2.15. The van der Waals surface area contributed by atoms with E-state index in [4.69, 9.17) is 9.84 Å². The first-order valence-corrected chi connectivity index (χ1v) is 7.19. The monoisotopic (exact) mass is 308 g/mol. The summed E-state index contributed by atoms with van der Waals surface area (Å²) in [6.45, 7) is 8.28. The lowest BCUT2D eigenvalue weighted by Gasteiger charge is -2.23. The molecule has 0 spiro atoms. The molecule has 0 saturated carbocycles. The van der Waals surface area contributed by atoms with Crippen LogP contribution in [0.15, 0.2) is 18.2 Å². The number of urea groups is 1. The van der Waals surface area contributed by atoms with E-state index < -0.39 is 12.0 Å². The van der Waals surface area contributed by atoms with E-state index in [0.29, 0.717) is 6.54 Å². The van der Waals surface area contributed by atoms with Crippen LogP contribution in [-0.2, 0) is 11.3 Å². The smallest absolute Gasteiger partial charge is 0.315 e. The maximum absolute atomic E-state index is 11.6. The SMILES string of the molecule is Cc1ccc(CNC(=O)NCCC(=O)O)c(OC(C)(C)C)c1. The average Bonchev–Trinajstić information content (AvgIpc) is 2.35. The van der Waals surface area contributed by atoms with Gasteiger partial charge in [-0.15, -0.1) is 0 Å². The molecule has 0 bridgehead atoms. The minimum Gasteiger partial charge on any atom is -0.488 e. The van der Waals surface area contributed by atoms with Crippen molar-refractivity contribution in [2.75, 3.05) is 6.54 Å². The molecule has 0 aliphatic rings. The summed E-state index contributed by atoms with van der Waals surface area (Å²) in [4.78, 5) is 22.0. The number of ether oxygens (including phenoxy) is 1. The molecule has 0 saturated heterocycles. The van der Waals surface area contributed by atoms with Crippen LogP contribution >= 0.6 is 0 Å². The van der Waals surface area contributed by atoms with Gasteiger partial charge in [-0.05, 0) is 39.3 Å². The second-order valence-corrected chi connectivity index (χ2v) is 6.08. The maximum atomic E-state index is 11.6. The summed E-state index contributed by atoms with van der Waals surface area (Å²) in [5.41, 5.74) is 1.62. The number of hydrogen-bond donors (Lipinski definition) is 3. The van der Waals surface area contributed by atoms with Crippen molar-refractivity contribution in [3.8, 4) is 5.75 Å². The van der Waals surface area contributed by atoms with Gasteiger partial charge in [-0.2, -0.15) is 0 Å². The zero-order valence-corrected chi connectivity index (χ0v) is 13.5. The quantitative estimate of drug-likeness (QED) is 0.753. The van der Waals surface area contributed by atoms with Crippen LogP contribution in [0.1, 0.15) is 38.3 Å². The third-order valence-electron chi connectivity index (χ3n) is 2.70. The molecule has 3 N–H and O–H groups in total. The zero-order chi connectivity index (χ0) is 16.8. The van der Waals surface area contributed by atoms with E-state index in [9.17, 15) is 9.59 Å². The topological polar surface area (TPSA) is 87.7 Å². The Morgan fingerprint density at radius 2 is 1.91 bits per heavy atom. The molecular weight excluding hydrogens is 284 g/mol. The van der Waals surface area contributed by atoms with Gasteiger partial charge in [0.25, 0.3) is 0 Å². The molecule has 1 aromatic carbocycles. The van der Waals surface area contributed by atoms with E-state index in [0.717, 1.165) is 16.9 Å². The van der Waals surface area contributed by atoms with Crippen LogP contribution in [-0.4, -0.2) is 29.3 Å². The minimum absolute atomic E-state index is 0.0976. The van der Waals surface area contributed by atoms with Crippen LogP contribution < -0.4 is 15.4 Å². The van der Waals surface area contributed by atoms with E-state index in [1.165, 1.54) is 0 Å². The molecule has 0 fully saturated rings. The Labute approximate surface area is 130 Å². The Morgan fingerprint density at radius 3 is 2.50 bits per heavy atom. The fraction of sp³-hybridized carbons (Fsp3) is 0.500. The predicted molar refractivity (Wildman–Crippen MR) is 84.1 cm³/mol. The van der Waals surface area contributed by atoms with Gasteiger partial charge in [-0.1, -0.05) is 12.1 Å². The Hall–Kier alpha value is -2.24. The van der Waals surface area contributed by atoms with Crippen LogP contribution in [0.4, 0.5) is 4.79 Å². The number of aryl methyl sites for hydroxylation is 1. The van der Waals surface area contributed by atoms with Gasteiger partial charge in [-0.3, -0.25) is 4.79 Å². The number of carbonyl (C=O) groups is 2. The number of carboxylic acids is 1. The predicted octanol–water partition coefficient (Wildman–Crippen LogP) is 2.45. The average molecular weight is 308 g/mol. The van der Waals surface area contributed by atoms with Crippen molar-refractivity contribution in [1.29, 1.82) is 0 Å². The Kier molecular flexibility index (Phi) is 6.22. The Morgan fingerprint density at radius 1 is 1.23 bits per heavy atom. The lowest BCUT2D eigenvalue weighted by molar-refractivity contribution is -0.136. The highest BCUT2D eigenvalue weighted by molar-refractivity contribution is 5.75. The molecule has 0 unspecified atom stereocenters. The summed E-state index contributed by atoms with van der Waals surface area (Å²) >= 11 is 0. The zero-order valence-electron chi connectivity index (χ0n) is 13.5. The molecule has 1 aromatic rings. The summed E-state index contributed by atoms with van der Waals surface area (Å²) in [6, 6.07) is 5.40. The highest BCUT2D eigenvalue weighted by atomic mass is 16.5. The van der Waals surface area contributed by atoms with Gasteiger partial charge in [0.05, 0.1) is 6.42 Å². The van der Waals surface area contributed by atoms with Gasteiger partial charge >= 0.3 is 12.0 Å². The van der Waals surface area contributed by atoms with Crippen molar-refractivity contribution in [1.82, 2.24) is 10.6 Å². The van der Waals surface area contributed by atoms with Crippen LogP contribution in [0.2, 0.25) is 0 Å². The van der Waals surface area contributed by atoms with Gasteiger partial charge < -0.3 is 20.5 Å². The standard InChI is InChI=1S/C16H24N2O4/c1-11-5-6-12(13(9-11)22-16(2,3)4)10-18-15(21)17-8-7-14(19)20/h5-6,9H,7-8,10H2,1-4H3,(H,19,20)(H2,17,18,21). The molecule has 6 nitrogen and oxygen atoms in total. The molecule has 0 aromatic heterocycles. The lowest BCUT2D eigenvalue weighted by atomic mass is 10.1. The van der Waals surface area contributed by atoms with Crippen molar-refractivity contribution in [2.45, 2.75) is 46.3 Å². The molecule has 0 aliphatic heterocycles. The summed E-state index contributed by atoms with van der Waals surface area (Å²) in [7, 11) is 0. The number of benzene rings is 1. The van der Waals surface area contributed by atoms with Gasteiger partial charge in [0.2, 0.25) is 0 Å². The molecule has 22 heavy (non-hydrogen) atoms. The normalized spacial score (nSPS) is 10.9. The van der Waals surface area contributed by atoms with Crippen LogP contribution in [0, 0.1) is 6.92 Å². The van der Waals surface area contributed by atoms with Crippen LogP contribution in [0.3, 0.4) is 0 Å². The van der Waals surface area contributed by atoms with Crippen molar-refractivity contribution in [2.24, 2.45) is 0 Å². The fourth-order valence-electron chi connectivity index (χ4n) is 1.75. The third-order valence-corrected chi connectivity index (χ3v) is 2.70. The molecule has 0 atom stereocenters. The van der Waals surface area contributed by atoms with E-state index in [1.54, 1.807) is 0 Å². The minimum atomic E-state index is -0.945.